The third kappa shape index (κ3) is 10.9. The van der Waals surface area contributed by atoms with Crippen LogP contribution in [-0.2, 0) is 25.4 Å². The predicted octanol–water partition coefficient (Wildman–Crippen LogP) is 5.45. The van der Waals surface area contributed by atoms with Gasteiger partial charge in [-0.1, -0.05) is 18.2 Å². The van der Waals surface area contributed by atoms with Gasteiger partial charge >= 0.3 is 6.18 Å². The highest BCUT2D eigenvalue weighted by Gasteiger charge is 2.33. The molecule has 2 aromatic heterocycles. The number of likely N-dealkylation sites (tertiary alicyclic amines) is 2. The SMILES string of the molecule is CC(C)Oc1cc2nn(C3CCN(C(=O)CN4CCC(c5ccc(NC6CCC(=O)NC6=O)cc5)CC4)CC3)cc2cc1NC(=O)c1cccc(C(F)(F)F)n1.O=CO. The molecule has 0 bridgehead atoms. The number of carbonyl (C=O) groups is 5. The lowest BCUT2D eigenvalue weighted by Crippen LogP contribution is -2.47. The Morgan fingerprint density at radius 1 is 1.00 bits per heavy atom. The van der Waals surface area contributed by atoms with E-state index in [4.69, 9.17) is 19.7 Å². The molecule has 1 unspecified atom stereocenters. The first-order valence-corrected chi connectivity index (χ1v) is 19.5. The zero-order valence-corrected chi connectivity index (χ0v) is 32.7. The van der Waals surface area contributed by atoms with Gasteiger partial charge in [0.2, 0.25) is 17.7 Å². The van der Waals surface area contributed by atoms with E-state index in [0.717, 1.165) is 62.0 Å². The number of piperidine rings is 3. The molecule has 0 spiro atoms. The first-order chi connectivity index (χ1) is 28.2. The van der Waals surface area contributed by atoms with Crippen molar-refractivity contribution in [3.63, 3.8) is 0 Å². The van der Waals surface area contributed by atoms with Crippen LogP contribution in [0.2, 0.25) is 0 Å². The van der Waals surface area contributed by atoms with Crippen LogP contribution in [0.25, 0.3) is 10.9 Å². The molecule has 0 radical (unpaired) electrons. The zero-order chi connectivity index (χ0) is 42.3. The summed E-state index contributed by atoms with van der Waals surface area (Å²) >= 11 is 0. The molecule has 1 atom stereocenters. The molecule has 4 amide bonds. The monoisotopic (exact) mass is 820 g/mol. The van der Waals surface area contributed by atoms with Crippen molar-refractivity contribution in [2.45, 2.75) is 82.7 Å². The number of nitrogens with zero attached hydrogens (tertiary/aromatic N) is 5. The molecule has 3 saturated heterocycles. The van der Waals surface area contributed by atoms with Gasteiger partial charge < -0.3 is 25.4 Å². The molecule has 0 aliphatic carbocycles. The number of alkyl halides is 3. The third-order valence-electron chi connectivity index (χ3n) is 10.6. The molecule has 3 fully saturated rings. The number of rotatable bonds is 10. The fraction of sp³-hybridized carbons (Fsp3) is 0.439. The van der Waals surface area contributed by atoms with E-state index in [1.165, 1.54) is 11.6 Å². The summed E-state index contributed by atoms with van der Waals surface area (Å²) in [6.07, 6.45) is 1.07. The van der Waals surface area contributed by atoms with Crippen LogP contribution in [0.15, 0.2) is 60.8 Å². The molecular weight excluding hydrogens is 773 g/mol. The van der Waals surface area contributed by atoms with Crippen molar-refractivity contribution in [2.24, 2.45) is 0 Å². The lowest BCUT2D eigenvalue weighted by Gasteiger charge is -2.36. The van der Waals surface area contributed by atoms with Crippen molar-refractivity contribution in [3.05, 3.63) is 77.7 Å². The van der Waals surface area contributed by atoms with Gasteiger partial charge in [-0.25, -0.2) is 4.98 Å². The van der Waals surface area contributed by atoms with Crippen LogP contribution in [0, 0.1) is 0 Å². The fourth-order valence-corrected chi connectivity index (χ4v) is 7.59. The van der Waals surface area contributed by atoms with Gasteiger partial charge in [0.15, 0.2) is 0 Å². The van der Waals surface area contributed by atoms with E-state index < -0.39 is 23.8 Å². The van der Waals surface area contributed by atoms with Crippen molar-refractivity contribution in [3.8, 4) is 5.75 Å². The maximum absolute atomic E-state index is 13.4. The Hall–Kier alpha value is -6.04. The van der Waals surface area contributed by atoms with E-state index in [1.54, 1.807) is 12.1 Å². The van der Waals surface area contributed by atoms with Gasteiger partial charge in [0.05, 0.1) is 29.9 Å². The molecule has 3 aliphatic rings. The van der Waals surface area contributed by atoms with Gasteiger partial charge in [-0.3, -0.25) is 38.9 Å². The standard InChI is InChI=1S/C40H45F3N8O5.CH2O2/c1-24(2)56-34-21-32-27(20-33(34)46-38(54)30-4-3-5-35(45-30)40(41,42)43)22-51(48-32)29-14-18-50(19-15-29)37(53)23-49-16-12-26(13-17-49)25-6-8-28(9-7-25)44-31-10-11-36(52)47-39(31)55;2-1-3/h3-9,20-22,24,26,29,31,44H,10-19,23H2,1-2H3,(H,46,54)(H,47,52,55);1H,(H,2,3). The second kappa shape index (κ2) is 18.7. The highest BCUT2D eigenvalue weighted by Crippen LogP contribution is 2.34. The number of benzene rings is 2. The molecule has 15 nitrogen and oxygen atoms in total. The molecule has 314 valence electrons. The van der Waals surface area contributed by atoms with Gasteiger partial charge in [0.25, 0.3) is 12.4 Å². The molecule has 4 aromatic rings. The molecule has 18 heteroatoms. The summed E-state index contributed by atoms with van der Waals surface area (Å²) in [4.78, 5) is 65.9. The minimum atomic E-state index is -4.68. The number of ether oxygens (including phenoxy) is 1. The average molecular weight is 821 g/mol. The van der Waals surface area contributed by atoms with E-state index in [9.17, 15) is 32.3 Å². The molecule has 2 aromatic carbocycles. The van der Waals surface area contributed by atoms with Crippen LogP contribution in [0.4, 0.5) is 24.5 Å². The maximum atomic E-state index is 13.4. The van der Waals surface area contributed by atoms with E-state index in [-0.39, 0.29) is 47.7 Å². The Labute approximate surface area is 338 Å². The first kappa shape index (κ1) is 42.6. The lowest BCUT2D eigenvalue weighted by atomic mass is 9.89. The highest BCUT2D eigenvalue weighted by atomic mass is 19.4. The first-order valence-electron chi connectivity index (χ1n) is 19.5. The van der Waals surface area contributed by atoms with E-state index in [1.807, 2.05) is 41.8 Å². The van der Waals surface area contributed by atoms with E-state index in [0.29, 0.717) is 49.7 Å². The normalized spacial score (nSPS) is 18.2. The summed E-state index contributed by atoms with van der Waals surface area (Å²) in [5.41, 5.74) is 1.47. The quantitative estimate of drug-likeness (QED) is 0.118. The fourth-order valence-electron chi connectivity index (χ4n) is 7.59. The van der Waals surface area contributed by atoms with Crippen LogP contribution in [-0.4, -0.2) is 105 Å². The largest absolute Gasteiger partial charge is 0.489 e. The van der Waals surface area contributed by atoms with Gasteiger partial charge in [0, 0.05) is 42.8 Å². The number of carboxylic acid groups (broad SMARTS) is 1. The molecule has 59 heavy (non-hydrogen) atoms. The highest BCUT2D eigenvalue weighted by molar-refractivity contribution is 6.05. The topological polar surface area (TPSA) is 188 Å². The molecular formula is C41H47F3N8O7. The Morgan fingerprint density at radius 2 is 1.69 bits per heavy atom. The van der Waals surface area contributed by atoms with Crippen molar-refractivity contribution in [1.82, 2.24) is 29.9 Å². The summed E-state index contributed by atoms with van der Waals surface area (Å²) in [7, 11) is 0. The van der Waals surface area contributed by atoms with Gasteiger partial charge in [-0.2, -0.15) is 18.3 Å². The molecule has 4 N–H and O–H groups in total. The number of pyridine rings is 1. The number of imide groups is 1. The van der Waals surface area contributed by atoms with Gasteiger partial charge in [-0.15, -0.1) is 0 Å². The number of nitrogens with one attached hydrogen (secondary N) is 3. The Kier molecular flexibility index (Phi) is 13.5. The Bertz CT molecular complexity index is 2140. The minimum Gasteiger partial charge on any atom is -0.489 e. The number of fused-ring (bicyclic) bond motifs is 1. The van der Waals surface area contributed by atoms with Gasteiger partial charge in [0.1, 0.15) is 23.2 Å². The average Bonchev–Trinajstić information content (AvgIpc) is 3.62. The summed E-state index contributed by atoms with van der Waals surface area (Å²) < 4.78 is 47.5. The maximum Gasteiger partial charge on any atom is 0.433 e. The Balaban J connectivity index is 0.00000189. The van der Waals surface area contributed by atoms with Crippen molar-refractivity contribution in [2.75, 3.05) is 43.4 Å². The second-order valence-corrected chi connectivity index (χ2v) is 15.1. The summed E-state index contributed by atoms with van der Waals surface area (Å²) in [6.45, 7) is 6.63. The van der Waals surface area contributed by atoms with Crippen molar-refractivity contribution >= 4 is 52.4 Å². The van der Waals surface area contributed by atoms with E-state index in [2.05, 4.69) is 38.0 Å². The molecule has 7 rings (SSSR count). The number of hydrogen-bond donors (Lipinski definition) is 4. The van der Waals surface area contributed by atoms with Crippen molar-refractivity contribution < 1.29 is 47.0 Å². The predicted molar refractivity (Wildman–Crippen MR) is 211 cm³/mol. The summed E-state index contributed by atoms with van der Waals surface area (Å²) in [5, 5.41) is 20.7. The number of carbonyl (C=O) groups excluding carboxylic acids is 4. The van der Waals surface area contributed by atoms with E-state index >= 15 is 0 Å². The number of anilines is 2. The number of aromatic nitrogens is 3. The smallest absolute Gasteiger partial charge is 0.433 e. The minimum absolute atomic E-state index is 0.0506. The second-order valence-electron chi connectivity index (χ2n) is 15.1. The van der Waals surface area contributed by atoms with Crippen LogP contribution >= 0.6 is 0 Å². The third-order valence-corrected chi connectivity index (χ3v) is 10.6. The number of amides is 4. The molecule has 5 heterocycles. The summed E-state index contributed by atoms with van der Waals surface area (Å²) in [6, 6.07) is 14.3. The Morgan fingerprint density at radius 3 is 2.34 bits per heavy atom. The van der Waals surface area contributed by atoms with Crippen LogP contribution in [0.1, 0.15) is 86.1 Å². The van der Waals surface area contributed by atoms with Crippen molar-refractivity contribution in [1.29, 1.82) is 0 Å². The van der Waals surface area contributed by atoms with Gasteiger partial charge in [-0.05, 0) is 101 Å². The van der Waals surface area contributed by atoms with Crippen LogP contribution in [0.3, 0.4) is 0 Å². The zero-order valence-electron chi connectivity index (χ0n) is 32.7. The summed E-state index contributed by atoms with van der Waals surface area (Å²) in [5.74, 6) is -0.497. The molecule has 3 aliphatic heterocycles. The lowest BCUT2D eigenvalue weighted by molar-refractivity contribution is -0.141. The van der Waals surface area contributed by atoms with Crippen LogP contribution < -0.4 is 20.7 Å². The molecule has 0 saturated carbocycles. The van der Waals surface area contributed by atoms with Crippen LogP contribution in [0.5, 0.6) is 5.75 Å². The number of halogens is 3. The number of hydrogen-bond acceptors (Lipinski definition) is 10.